The van der Waals surface area contributed by atoms with Crippen LogP contribution in [0, 0.1) is 6.92 Å². The average Bonchev–Trinajstić information content (AvgIpc) is 3.13. The number of likely N-dealkylation sites (tertiary alicyclic amines) is 1. The number of halogens is 1. The van der Waals surface area contributed by atoms with Crippen LogP contribution in [0.5, 0.6) is 5.75 Å². The molecular formula is C29H26ClNO6. The van der Waals surface area contributed by atoms with E-state index in [-0.39, 0.29) is 30.0 Å². The molecule has 0 aliphatic carbocycles. The van der Waals surface area contributed by atoms with Crippen LogP contribution >= 0.6 is 11.6 Å². The number of aryl methyl sites for hydroxylation is 1. The predicted octanol–water partition coefficient (Wildman–Crippen LogP) is 5.46. The Labute approximate surface area is 219 Å². The second-order valence-electron chi connectivity index (χ2n) is 8.60. The van der Waals surface area contributed by atoms with Crippen LogP contribution in [0.2, 0.25) is 5.02 Å². The Bertz CT molecular complexity index is 1400. The number of methoxy groups -OCH3 is 1. The zero-order valence-electron chi connectivity index (χ0n) is 20.7. The molecule has 1 N–H and O–H groups in total. The largest absolute Gasteiger partial charge is 0.507 e. The molecule has 1 atom stereocenters. The smallest absolute Gasteiger partial charge is 0.338 e. The third kappa shape index (κ3) is 5.22. The van der Waals surface area contributed by atoms with Gasteiger partial charge in [-0.05, 0) is 55.3 Å². The molecule has 1 fully saturated rings. The number of rotatable bonds is 7. The lowest BCUT2D eigenvalue weighted by molar-refractivity contribution is -0.140. The van der Waals surface area contributed by atoms with Crippen LogP contribution in [0.1, 0.15) is 45.6 Å². The van der Waals surface area contributed by atoms with Crippen LogP contribution in [0.3, 0.4) is 0 Å². The number of hydrogen-bond donors (Lipinski definition) is 1. The second-order valence-corrected chi connectivity index (χ2v) is 9.04. The molecule has 4 rings (SSSR count). The number of ketones is 1. The molecule has 3 aromatic carbocycles. The van der Waals surface area contributed by atoms with Crippen molar-refractivity contribution >= 4 is 35.0 Å². The van der Waals surface area contributed by atoms with Crippen LogP contribution in [0.15, 0.2) is 72.3 Å². The van der Waals surface area contributed by atoms with Gasteiger partial charge in [-0.15, -0.1) is 0 Å². The van der Waals surface area contributed by atoms with Gasteiger partial charge in [0.05, 0.1) is 36.5 Å². The second kappa shape index (κ2) is 10.9. The first kappa shape index (κ1) is 26.0. The van der Waals surface area contributed by atoms with Crippen LogP contribution in [-0.2, 0) is 20.9 Å². The summed E-state index contributed by atoms with van der Waals surface area (Å²) in [6, 6.07) is 17.9. The molecule has 1 aliphatic heterocycles. The lowest BCUT2D eigenvalue weighted by Crippen LogP contribution is -2.29. The number of Topliss-reactive ketones (excluding diaryl/α,β-unsaturated/α-hetero) is 1. The Morgan fingerprint density at radius 2 is 1.78 bits per heavy atom. The van der Waals surface area contributed by atoms with Gasteiger partial charge in [-0.1, -0.05) is 53.6 Å². The van der Waals surface area contributed by atoms with Crippen molar-refractivity contribution in [2.45, 2.75) is 26.4 Å². The first-order chi connectivity index (χ1) is 17.7. The normalized spacial score (nSPS) is 16.6. The zero-order valence-corrected chi connectivity index (χ0v) is 21.4. The van der Waals surface area contributed by atoms with Crippen molar-refractivity contribution in [3.05, 3.63) is 105 Å². The molecule has 37 heavy (non-hydrogen) atoms. The summed E-state index contributed by atoms with van der Waals surface area (Å²) in [6.45, 7) is 3.98. The van der Waals surface area contributed by atoms with Crippen molar-refractivity contribution in [3.8, 4) is 5.75 Å². The van der Waals surface area contributed by atoms with E-state index in [0.717, 1.165) is 5.56 Å². The number of carbonyl (C=O) groups excluding carboxylic acids is 3. The summed E-state index contributed by atoms with van der Waals surface area (Å²) < 4.78 is 10.4. The number of aliphatic hydroxyl groups excluding tert-OH is 1. The van der Waals surface area contributed by atoms with Gasteiger partial charge in [0.25, 0.3) is 11.7 Å². The number of esters is 1. The first-order valence-electron chi connectivity index (χ1n) is 11.7. The van der Waals surface area contributed by atoms with Gasteiger partial charge in [0.15, 0.2) is 0 Å². The van der Waals surface area contributed by atoms with Crippen LogP contribution in [-0.4, -0.2) is 41.4 Å². The average molecular weight is 520 g/mol. The van der Waals surface area contributed by atoms with Crippen molar-refractivity contribution in [3.63, 3.8) is 0 Å². The highest BCUT2D eigenvalue weighted by Crippen LogP contribution is 2.42. The summed E-state index contributed by atoms with van der Waals surface area (Å²) in [5.74, 6) is -2.06. The van der Waals surface area contributed by atoms with Crippen molar-refractivity contribution < 1.29 is 29.0 Å². The topological polar surface area (TPSA) is 93.1 Å². The number of amides is 1. The highest BCUT2D eigenvalue weighted by molar-refractivity contribution is 6.46. The molecule has 1 saturated heterocycles. The third-order valence-electron chi connectivity index (χ3n) is 6.13. The molecule has 1 unspecified atom stereocenters. The van der Waals surface area contributed by atoms with Gasteiger partial charge in [0.1, 0.15) is 11.5 Å². The molecule has 0 aromatic heterocycles. The Balaban J connectivity index is 1.81. The highest BCUT2D eigenvalue weighted by atomic mass is 35.5. The van der Waals surface area contributed by atoms with E-state index in [1.807, 2.05) is 31.2 Å². The standard InChI is InChI=1S/C29H26ClNO6/c1-4-37-29(35)19-10-8-18(9-11-19)16-31-25(20-7-5-6-17(2)14-20)24(27(33)28(31)34)26(32)22-15-21(30)12-13-23(22)36-3/h5-15,25,32H,4,16H2,1-3H3/b26-24+. The molecule has 8 heteroatoms. The number of aliphatic hydroxyl groups is 1. The SMILES string of the molecule is CCOC(=O)c1ccc(CN2C(=O)C(=O)/C(=C(/O)c3cc(Cl)ccc3OC)C2c2cccc(C)c2)cc1. The maximum Gasteiger partial charge on any atom is 0.338 e. The van der Waals surface area contributed by atoms with E-state index < -0.39 is 23.7 Å². The quantitative estimate of drug-likeness (QED) is 0.193. The summed E-state index contributed by atoms with van der Waals surface area (Å²) in [5.41, 5.74) is 2.85. The lowest BCUT2D eigenvalue weighted by Gasteiger charge is -2.26. The summed E-state index contributed by atoms with van der Waals surface area (Å²) in [6.07, 6.45) is 0. The number of hydrogen-bond acceptors (Lipinski definition) is 6. The van der Waals surface area contributed by atoms with Gasteiger partial charge < -0.3 is 19.5 Å². The summed E-state index contributed by atoms with van der Waals surface area (Å²) >= 11 is 6.17. The fourth-order valence-corrected chi connectivity index (χ4v) is 4.57. The summed E-state index contributed by atoms with van der Waals surface area (Å²) in [4.78, 5) is 40.1. The Morgan fingerprint density at radius 1 is 1.05 bits per heavy atom. The van der Waals surface area contributed by atoms with Gasteiger partial charge in [0.2, 0.25) is 0 Å². The minimum Gasteiger partial charge on any atom is -0.507 e. The number of nitrogens with zero attached hydrogens (tertiary/aromatic N) is 1. The highest BCUT2D eigenvalue weighted by Gasteiger charge is 2.46. The fourth-order valence-electron chi connectivity index (χ4n) is 4.40. The van der Waals surface area contributed by atoms with E-state index in [1.54, 1.807) is 43.3 Å². The predicted molar refractivity (Wildman–Crippen MR) is 139 cm³/mol. The first-order valence-corrected chi connectivity index (χ1v) is 12.1. The van der Waals surface area contributed by atoms with Crippen LogP contribution in [0.25, 0.3) is 5.76 Å². The summed E-state index contributed by atoms with van der Waals surface area (Å²) in [5, 5.41) is 11.7. The zero-order chi connectivity index (χ0) is 26.7. The monoisotopic (exact) mass is 519 g/mol. The summed E-state index contributed by atoms with van der Waals surface area (Å²) in [7, 11) is 1.44. The lowest BCUT2D eigenvalue weighted by atomic mass is 9.94. The molecule has 1 aliphatic rings. The third-order valence-corrected chi connectivity index (χ3v) is 6.37. The van der Waals surface area contributed by atoms with Gasteiger partial charge in [-0.2, -0.15) is 0 Å². The van der Waals surface area contributed by atoms with E-state index in [0.29, 0.717) is 27.5 Å². The van der Waals surface area contributed by atoms with Gasteiger partial charge >= 0.3 is 5.97 Å². The minimum atomic E-state index is -0.853. The van der Waals surface area contributed by atoms with E-state index in [9.17, 15) is 19.5 Å². The van der Waals surface area contributed by atoms with Crippen LogP contribution < -0.4 is 4.74 Å². The minimum absolute atomic E-state index is 0.0562. The van der Waals surface area contributed by atoms with Crippen molar-refractivity contribution in [2.75, 3.05) is 13.7 Å². The van der Waals surface area contributed by atoms with E-state index in [2.05, 4.69) is 0 Å². The molecular weight excluding hydrogens is 494 g/mol. The Morgan fingerprint density at radius 3 is 2.43 bits per heavy atom. The molecule has 0 spiro atoms. The van der Waals surface area contributed by atoms with Crippen molar-refractivity contribution in [1.82, 2.24) is 4.90 Å². The van der Waals surface area contributed by atoms with Crippen molar-refractivity contribution in [2.24, 2.45) is 0 Å². The molecule has 3 aromatic rings. The Kier molecular flexibility index (Phi) is 7.64. The van der Waals surface area contributed by atoms with Gasteiger partial charge in [-0.25, -0.2) is 4.79 Å². The molecule has 7 nitrogen and oxygen atoms in total. The van der Waals surface area contributed by atoms with Gasteiger partial charge in [-0.3, -0.25) is 9.59 Å². The van der Waals surface area contributed by atoms with Gasteiger partial charge in [0, 0.05) is 11.6 Å². The maximum atomic E-state index is 13.3. The van der Waals surface area contributed by atoms with Crippen molar-refractivity contribution in [1.29, 1.82) is 0 Å². The van der Waals surface area contributed by atoms with E-state index >= 15 is 0 Å². The number of benzene rings is 3. The van der Waals surface area contributed by atoms with E-state index in [1.165, 1.54) is 18.1 Å². The molecule has 1 amide bonds. The van der Waals surface area contributed by atoms with E-state index in [4.69, 9.17) is 21.1 Å². The maximum absolute atomic E-state index is 13.3. The van der Waals surface area contributed by atoms with Crippen LogP contribution in [0.4, 0.5) is 0 Å². The molecule has 0 bridgehead atoms. The molecule has 1 heterocycles. The number of ether oxygens (including phenoxy) is 2. The molecule has 190 valence electrons. The Hall–Kier alpha value is -4.10. The molecule has 0 radical (unpaired) electrons. The fraction of sp³-hybridized carbons (Fsp3) is 0.207. The molecule has 0 saturated carbocycles. The number of carbonyl (C=O) groups is 3.